The molecule has 0 unspecified atom stereocenters. The first-order valence-corrected chi connectivity index (χ1v) is 8.53. The summed E-state index contributed by atoms with van der Waals surface area (Å²) in [5, 5.41) is 4.14. The molecule has 4 rings (SSSR count). The van der Waals surface area contributed by atoms with Crippen LogP contribution >= 0.6 is 11.6 Å². The molecule has 0 radical (unpaired) electrons. The smallest absolute Gasteiger partial charge is 0.262 e. The van der Waals surface area contributed by atoms with E-state index in [9.17, 15) is 4.79 Å². The number of anilines is 2. The van der Waals surface area contributed by atoms with Gasteiger partial charge in [-0.1, -0.05) is 60.1 Å². The second-order valence-corrected chi connectivity index (χ2v) is 6.52. The van der Waals surface area contributed by atoms with Crippen molar-refractivity contribution in [3.05, 3.63) is 94.5 Å². The van der Waals surface area contributed by atoms with Crippen molar-refractivity contribution in [1.82, 2.24) is 0 Å². The predicted molar refractivity (Wildman–Crippen MR) is 102 cm³/mol. The highest BCUT2D eigenvalue weighted by Gasteiger charge is 2.34. The van der Waals surface area contributed by atoms with Crippen LogP contribution in [-0.4, -0.2) is 5.91 Å². The van der Waals surface area contributed by atoms with Gasteiger partial charge in [0.2, 0.25) is 0 Å². The minimum Gasteiger partial charge on any atom is -0.360 e. The van der Waals surface area contributed by atoms with Crippen LogP contribution in [0, 0.1) is 6.92 Å². The van der Waals surface area contributed by atoms with Crippen molar-refractivity contribution >= 4 is 28.9 Å². The number of carbonyl (C=O) groups is 1. The van der Waals surface area contributed by atoms with E-state index in [1.54, 1.807) is 4.90 Å². The number of carbonyl (C=O) groups excluding carboxylic acids is 1. The lowest BCUT2D eigenvalue weighted by atomic mass is 10.0. The summed E-state index contributed by atoms with van der Waals surface area (Å²) in [6.45, 7) is 1.95. The first kappa shape index (κ1) is 15.7. The van der Waals surface area contributed by atoms with Crippen LogP contribution in [0.25, 0.3) is 0 Å². The average Bonchev–Trinajstić information content (AvgIpc) is 2.65. The molecule has 0 saturated carbocycles. The van der Waals surface area contributed by atoms with Gasteiger partial charge in [0.1, 0.15) is 6.17 Å². The number of nitrogens with zero attached hydrogens (tertiary/aromatic N) is 1. The summed E-state index contributed by atoms with van der Waals surface area (Å²) in [5.74, 6) is -0.0388. The summed E-state index contributed by atoms with van der Waals surface area (Å²) < 4.78 is 0. The number of aryl methyl sites for hydroxylation is 1. The molecule has 3 nitrogen and oxygen atoms in total. The zero-order valence-electron chi connectivity index (χ0n) is 13.7. The molecule has 0 fully saturated rings. The second-order valence-electron chi connectivity index (χ2n) is 6.11. The Hall–Kier alpha value is -2.78. The molecule has 4 heteroatoms. The highest BCUT2D eigenvalue weighted by atomic mass is 35.5. The van der Waals surface area contributed by atoms with Crippen LogP contribution in [0.3, 0.4) is 0 Å². The van der Waals surface area contributed by atoms with Crippen molar-refractivity contribution in [3.63, 3.8) is 0 Å². The normalized spacial score (nSPS) is 16.3. The van der Waals surface area contributed by atoms with Crippen LogP contribution in [-0.2, 0) is 0 Å². The first-order chi connectivity index (χ1) is 12.1. The maximum atomic E-state index is 13.2. The van der Waals surface area contributed by atoms with E-state index < -0.39 is 0 Å². The summed E-state index contributed by atoms with van der Waals surface area (Å²) in [6, 6.07) is 23.3. The Balaban J connectivity index is 1.88. The van der Waals surface area contributed by atoms with Gasteiger partial charge in [-0.3, -0.25) is 9.69 Å². The van der Waals surface area contributed by atoms with E-state index in [-0.39, 0.29) is 12.1 Å². The minimum absolute atomic E-state index is 0.0388. The Morgan fingerprint density at radius 3 is 2.44 bits per heavy atom. The van der Waals surface area contributed by atoms with E-state index in [2.05, 4.69) is 5.32 Å². The number of amides is 1. The topological polar surface area (TPSA) is 32.3 Å². The molecule has 0 aliphatic carbocycles. The molecule has 0 saturated heterocycles. The van der Waals surface area contributed by atoms with Gasteiger partial charge in [-0.05, 0) is 42.3 Å². The molecule has 3 aromatic rings. The molecule has 0 bridgehead atoms. The number of hydrogen-bond acceptors (Lipinski definition) is 2. The number of rotatable bonds is 2. The third-order valence-electron chi connectivity index (χ3n) is 4.48. The fraction of sp³-hybridized carbons (Fsp3) is 0.0952. The molecule has 1 N–H and O–H groups in total. The second kappa shape index (κ2) is 6.26. The molecule has 1 aliphatic rings. The van der Waals surface area contributed by atoms with Crippen molar-refractivity contribution in [2.45, 2.75) is 13.1 Å². The molecule has 124 valence electrons. The van der Waals surface area contributed by atoms with Crippen LogP contribution in [0.4, 0.5) is 11.4 Å². The monoisotopic (exact) mass is 348 g/mol. The molecule has 1 aliphatic heterocycles. The van der Waals surface area contributed by atoms with Crippen molar-refractivity contribution < 1.29 is 4.79 Å². The van der Waals surface area contributed by atoms with Crippen LogP contribution in [0.2, 0.25) is 5.02 Å². The predicted octanol–water partition coefficient (Wildman–Crippen LogP) is 5.42. The molecular weight excluding hydrogens is 332 g/mol. The largest absolute Gasteiger partial charge is 0.360 e. The van der Waals surface area contributed by atoms with E-state index in [4.69, 9.17) is 11.6 Å². The zero-order valence-corrected chi connectivity index (χ0v) is 14.5. The lowest BCUT2D eigenvalue weighted by molar-refractivity contribution is 0.0975. The Kier molecular flexibility index (Phi) is 3.94. The summed E-state index contributed by atoms with van der Waals surface area (Å²) in [6.07, 6.45) is -0.289. The number of fused-ring (bicyclic) bond motifs is 1. The van der Waals surface area contributed by atoms with E-state index in [0.29, 0.717) is 10.6 Å². The fourth-order valence-electron chi connectivity index (χ4n) is 3.12. The molecular formula is C21H17ClN2O. The van der Waals surface area contributed by atoms with Gasteiger partial charge < -0.3 is 5.32 Å². The molecule has 25 heavy (non-hydrogen) atoms. The molecule has 1 atom stereocenters. The highest BCUT2D eigenvalue weighted by molar-refractivity contribution is 6.31. The minimum atomic E-state index is -0.289. The maximum Gasteiger partial charge on any atom is 0.262 e. The number of nitrogens with one attached hydrogen (secondary N) is 1. The molecule has 3 aromatic carbocycles. The maximum absolute atomic E-state index is 13.2. The van der Waals surface area contributed by atoms with Gasteiger partial charge in [0.25, 0.3) is 5.91 Å². The van der Waals surface area contributed by atoms with E-state index in [1.165, 1.54) is 0 Å². The number of hydrogen-bond donors (Lipinski definition) is 1. The summed E-state index contributed by atoms with van der Waals surface area (Å²) in [7, 11) is 0. The number of para-hydroxylation sites is 1. The lowest BCUT2D eigenvalue weighted by Crippen LogP contribution is -2.43. The molecule has 0 spiro atoms. The SMILES string of the molecule is Cc1ccc(N2C(=O)c3ccccc3N[C@@H]2c2ccccc2)cc1Cl. The third-order valence-corrected chi connectivity index (χ3v) is 4.88. The highest BCUT2D eigenvalue weighted by Crippen LogP contribution is 2.37. The van der Waals surface area contributed by atoms with Gasteiger partial charge in [-0.15, -0.1) is 0 Å². The molecule has 0 aromatic heterocycles. The third kappa shape index (κ3) is 2.77. The van der Waals surface area contributed by atoms with E-state index in [0.717, 1.165) is 22.5 Å². The van der Waals surface area contributed by atoms with Gasteiger partial charge >= 0.3 is 0 Å². The Morgan fingerprint density at radius 2 is 1.68 bits per heavy atom. The van der Waals surface area contributed by atoms with Gasteiger partial charge in [-0.25, -0.2) is 0 Å². The Labute approximate surface area is 151 Å². The summed E-state index contributed by atoms with van der Waals surface area (Å²) in [4.78, 5) is 15.0. The van der Waals surface area contributed by atoms with Crippen LogP contribution in [0.5, 0.6) is 0 Å². The number of halogens is 1. The number of benzene rings is 3. The average molecular weight is 349 g/mol. The quantitative estimate of drug-likeness (QED) is 0.670. The Bertz CT molecular complexity index is 940. The van der Waals surface area contributed by atoms with Crippen molar-refractivity contribution in [2.75, 3.05) is 10.2 Å². The van der Waals surface area contributed by atoms with Crippen LogP contribution < -0.4 is 10.2 Å². The zero-order chi connectivity index (χ0) is 17.4. The molecule has 1 amide bonds. The van der Waals surface area contributed by atoms with Crippen molar-refractivity contribution in [1.29, 1.82) is 0 Å². The van der Waals surface area contributed by atoms with Gasteiger partial charge in [0.15, 0.2) is 0 Å². The van der Waals surface area contributed by atoms with Gasteiger partial charge in [0.05, 0.1) is 5.56 Å². The van der Waals surface area contributed by atoms with Crippen LogP contribution in [0.1, 0.15) is 27.7 Å². The van der Waals surface area contributed by atoms with Gasteiger partial charge in [-0.2, -0.15) is 0 Å². The van der Waals surface area contributed by atoms with Crippen molar-refractivity contribution in [2.24, 2.45) is 0 Å². The van der Waals surface area contributed by atoms with Crippen LogP contribution in [0.15, 0.2) is 72.8 Å². The van der Waals surface area contributed by atoms with E-state index in [1.807, 2.05) is 79.7 Å². The lowest BCUT2D eigenvalue weighted by Gasteiger charge is -2.38. The first-order valence-electron chi connectivity index (χ1n) is 8.15. The standard InChI is InChI=1S/C21H17ClN2O/c1-14-11-12-16(13-18(14)22)24-20(15-7-3-2-4-8-15)23-19-10-6-5-9-17(19)21(24)25/h2-13,20,23H,1H3/t20-/m0/s1. The van der Waals surface area contributed by atoms with Crippen molar-refractivity contribution in [3.8, 4) is 0 Å². The fourth-order valence-corrected chi connectivity index (χ4v) is 3.29. The summed E-state index contributed by atoms with van der Waals surface area (Å²) >= 11 is 6.32. The Morgan fingerprint density at radius 1 is 0.960 bits per heavy atom. The van der Waals surface area contributed by atoms with E-state index >= 15 is 0 Å². The summed E-state index contributed by atoms with van der Waals surface area (Å²) in [5.41, 5.74) is 4.28. The van der Waals surface area contributed by atoms with Gasteiger partial charge in [0, 0.05) is 16.4 Å². The molecule has 1 heterocycles.